The van der Waals surface area contributed by atoms with Crippen molar-refractivity contribution in [3.63, 3.8) is 0 Å². The second-order valence-electron chi connectivity index (χ2n) is 17.6. The lowest BCUT2D eigenvalue weighted by Gasteiger charge is -2.48. The van der Waals surface area contributed by atoms with Gasteiger partial charge in [0.15, 0.2) is 18.4 Å². The molecule has 4 aliphatic rings. The van der Waals surface area contributed by atoms with Crippen molar-refractivity contribution in [3.05, 3.63) is 41.5 Å². The van der Waals surface area contributed by atoms with Crippen molar-refractivity contribution in [1.29, 1.82) is 0 Å². The number of ether oxygens (including phenoxy) is 5. The number of unbranched alkanes of at least 4 members (excludes halogenated alkanes) is 4. The molecule has 62 heavy (non-hydrogen) atoms. The van der Waals surface area contributed by atoms with Crippen LogP contribution in [0.5, 0.6) is 0 Å². The number of rotatable bonds is 22. The first-order valence-electron chi connectivity index (χ1n) is 21.7. The number of fused-ring (bicyclic) bond motifs is 4. The minimum Gasteiger partial charge on any atom is -0.460 e. The molecular weight excluding hydrogens is 819 g/mol. The van der Waals surface area contributed by atoms with E-state index in [2.05, 4.69) is 29.2 Å². The highest BCUT2D eigenvalue weighted by Crippen LogP contribution is 2.58. The summed E-state index contributed by atoms with van der Waals surface area (Å²) in [5.41, 5.74) is -1.06. The Bertz CT molecular complexity index is 1740. The maximum absolute atomic E-state index is 14.7. The SMILES string of the molecule is CCCCCC1(CCCCC)O[C@@H]2[C@H]3ON(Cc4ccc(C=CC(=O)OCC(F)(F)F)cc4)[C@H]4C(=O)OC(CC34C(=O)NCCC(=O)N[C@H](CO)CCC(=O)OC(C)(C)C)[C@@H]2O1. The van der Waals surface area contributed by atoms with E-state index in [4.69, 9.17) is 23.8 Å². The van der Waals surface area contributed by atoms with Crippen molar-refractivity contribution in [1.82, 2.24) is 15.7 Å². The number of carbonyl (C=O) groups excluding carboxylic acids is 5. The maximum atomic E-state index is 14.7. The van der Waals surface area contributed by atoms with Crippen LogP contribution in [0.2, 0.25) is 0 Å². The molecule has 4 fully saturated rings. The zero-order valence-electron chi connectivity index (χ0n) is 36.3. The van der Waals surface area contributed by atoms with Crippen LogP contribution >= 0.6 is 0 Å². The third-order valence-electron chi connectivity index (χ3n) is 11.4. The zero-order valence-corrected chi connectivity index (χ0v) is 36.3. The molecule has 1 aliphatic carbocycles. The second-order valence-corrected chi connectivity index (χ2v) is 17.6. The lowest BCUT2D eigenvalue weighted by molar-refractivity contribution is -0.224. The number of alkyl halides is 3. The maximum Gasteiger partial charge on any atom is 0.422 e. The summed E-state index contributed by atoms with van der Waals surface area (Å²) < 4.78 is 66.6. The highest BCUT2D eigenvalue weighted by atomic mass is 19.4. The van der Waals surface area contributed by atoms with Gasteiger partial charge < -0.3 is 39.4 Å². The van der Waals surface area contributed by atoms with Crippen LogP contribution in [0.25, 0.3) is 6.08 Å². The number of hydroxylamine groups is 2. The van der Waals surface area contributed by atoms with Crippen LogP contribution in [-0.4, -0.2) is 114 Å². The molecule has 3 N–H and O–H groups in total. The van der Waals surface area contributed by atoms with E-state index in [9.17, 15) is 42.3 Å². The number of carbonyl (C=O) groups is 5. The normalized spacial score (nSPS) is 25.8. The van der Waals surface area contributed by atoms with E-state index in [0.29, 0.717) is 24.0 Å². The van der Waals surface area contributed by atoms with Crippen molar-refractivity contribution < 1.29 is 70.8 Å². The number of halogens is 3. The lowest BCUT2D eigenvalue weighted by Crippen LogP contribution is -2.69. The predicted molar refractivity (Wildman–Crippen MR) is 216 cm³/mol. The summed E-state index contributed by atoms with van der Waals surface area (Å²) in [6.45, 7) is 7.23. The van der Waals surface area contributed by atoms with Gasteiger partial charge in [-0.25, -0.2) is 4.79 Å². The largest absolute Gasteiger partial charge is 0.460 e. The topological polar surface area (TPSA) is 188 Å². The molecule has 346 valence electrons. The number of nitrogens with one attached hydrogen (secondary N) is 2. The van der Waals surface area contributed by atoms with Crippen LogP contribution in [-0.2, 0) is 59.0 Å². The van der Waals surface area contributed by atoms with Gasteiger partial charge in [0.05, 0.1) is 19.2 Å². The number of benzene rings is 1. The number of esters is 3. The number of nitrogens with zero attached hydrogens (tertiary/aromatic N) is 1. The molecule has 15 nitrogen and oxygen atoms in total. The fourth-order valence-electron chi connectivity index (χ4n) is 8.62. The number of aliphatic hydroxyl groups is 1. The van der Waals surface area contributed by atoms with Crippen LogP contribution in [0.3, 0.4) is 0 Å². The van der Waals surface area contributed by atoms with Gasteiger partial charge >= 0.3 is 24.1 Å². The highest BCUT2D eigenvalue weighted by Gasteiger charge is 2.76. The standard InChI is InChI=1S/C44H62F3N3O12/c1-6-8-10-21-42(22-11-9-7-2)60-35-31-24-43(40(56)48-23-20-32(52)49-30(26-51)17-19-34(54)59-41(3,4)5)37(39(55)58-31)50(62-38(43)36(35)61-42)25-29-14-12-28(13-15-29)16-18-33(53)57-27-44(45,46)47/h12-16,18,30-31,35-38,51H,6-11,17,19-27H2,1-5H3,(H,48,56)(H,49,52)/t30-,31?,35-,36-,37-,38+,43?/m0/s1. The first-order chi connectivity index (χ1) is 29.3. The number of aliphatic hydroxyl groups excluding tert-OH is 1. The molecule has 5 rings (SSSR count). The van der Waals surface area contributed by atoms with Gasteiger partial charge in [0.1, 0.15) is 35.4 Å². The van der Waals surface area contributed by atoms with Crippen molar-refractivity contribution in [2.24, 2.45) is 5.41 Å². The number of hydrogen-bond donors (Lipinski definition) is 3. The average Bonchev–Trinajstić information content (AvgIpc) is 3.76. The fraction of sp³-hybridized carbons (Fsp3) is 0.705. The van der Waals surface area contributed by atoms with Gasteiger partial charge in [-0.05, 0) is 57.2 Å². The lowest BCUT2D eigenvalue weighted by atomic mass is 9.62. The molecule has 3 heterocycles. The summed E-state index contributed by atoms with van der Waals surface area (Å²) in [6, 6.07) is 4.69. The Morgan fingerprint density at radius 3 is 2.26 bits per heavy atom. The Morgan fingerprint density at radius 1 is 0.984 bits per heavy atom. The summed E-state index contributed by atoms with van der Waals surface area (Å²) in [5.74, 6) is -4.26. The number of hydrogen-bond acceptors (Lipinski definition) is 13. The second kappa shape index (κ2) is 21.1. The summed E-state index contributed by atoms with van der Waals surface area (Å²) in [4.78, 5) is 72.4. The molecule has 0 spiro atoms. The molecule has 3 aliphatic heterocycles. The van der Waals surface area contributed by atoms with Crippen molar-refractivity contribution in [2.45, 2.75) is 172 Å². The predicted octanol–water partition coefficient (Wildman–Crippen LogP) is 5.35. The van der Waals surface area contributed by atoms with Gasteiger partial charge in [-0.2, -0.15) is 18.2 Å². The van der Waals surface area contributed by atoms with Crippen LogP contribution in [0.4, 0.5) is 13.2 Å². The van der Waals surface area contributed by atoms with E-state index in [1.165, 1.54) is 11.1 Å². The van der Waals surface area contributed by atoms with Crippen molar-refractivity contribution in [2.75, 3.05) is 19.8 Å². The summed E-state index contributed by atoms with van der Waals surface area (Å²) in [5, 5.41) is 16.9. The van der Waals surface area contributed by atoms with E-state index in [0.717, 1.165) is 44.6 Å². The molecule has 1 aromatic carbocycles. The Morgan fingerprint density at radius 2 is 1.65 bits per heavy atom. The molecule has 2 unspecified atom stereocenters. The Balaban J connectivity index is 1.34. The van der Waals surface area contributed by atoms with E-state index >= 15 is 0 Å². The van der Waals surface area contributed by atoms with Gasteiger partial charge in [-0.15, -0.1) is 0 Å². The van der Waals surface area contributed by atoms with E-state index < -0.39 is 102 Å². The van der Waals surface area contributed by atoms with Crippen molar-refractivity contribution >= 4 is 35.8 Å². The van der Waals surface area contributed by atoms with E-state index in [1.54, 1.807) is 45.0 Å². The quantitative estimate of drug-likeness (QED) is 0.0586. The third kappa shape index (κ3) is 12.5. The molecule has 0 aromatic heterocycles. The van der Waals surface area contributed by atoms with Gasteiger partial charge in [-0.1, -0.05) is 63.8 Å². The summed E-state index contributed by atoms with van der Waals surface area (Å²) in [7, 11) is 0. The molecular formula is C44H62F3N3O12. The number of amides is 2. The molecule has 2 bridgehead atoms. The average molecular weight is 882 g/mol. The Kier molecular flexibility index (Phi) is 16.6. The first kappa shape index (κ1) is 48.9. The van der Waals surface area contributed by atoms with Crippen molar-refractivity contribution in [3.8, 4) is 0 Å². The molecule has 1 saturated carbocycles. The molecule has 1 aromatic rings. The monoisotopic (exact) mass is 881 g/mol. The Labute approximate surface area is 360 Å². The van der Waals surface area contributed by atoms with Crippen LogP contribution in [0.1, 0.15) is 123 Å². The zero-order chi connectivity index (χ0) is 45.3. The third-order valence-corrected chi connectivity index (χ3v) is 11.4. The minimum atomic E-state index is -4.65. The van der Waals surface area contributed by atoms with Gasteiger partial charge in [0.2, 0.25) is 11.8 Å². The molecule has 18 heteroatoms. The Hall–Kier alpha value is -4.10. The van der Waals surface area contributed by atoms with Gasteiger partial charge in [-0.3, -0.25) is 24.0 Å². The first-order valence-corrected chi connectivity index (χ1v) is 21.7. The molecule has 0 radical (unpaired) electrons. The smallest absolute Gasteiger partial charge is 0.422 e. The summed E-state index contributed by atoms with van der Waals surface area (Å²) in [6.07, 6.45) is 1.10. The fourth-order valence-corrected chi connectivity index (χ4v) is 8.62. The molecule has 7 atom stereocenters. The molecule has 3 saturated heterocycles. The van der Waals surface area contributed by atoms with Crippen LogP contribution in [0, 0.1) is 5.41 Å². The summed E-state index contributed by atoms with van der Waals surface area (Å²) >= 11 is 0. The van der Waals surface area contributed by atoms with Crippen LogP contribution < -0.4 is 10.6 Å². The highest BCUT2D eigenvalue weighted by molar-refractivity contribution is 5.94. The van der Waals surface area contributed by atoms with E-state index in [-0.39, 0.29) is 38.8 Å². The molecule has 2 amide bonds. The van der Waals surface area contributed by atoms with E-state index in [1.807, 2.05) is 0 Å². The minimum absolute atomic E-state index is 0.0121. The van der Waals surface area contributed by atoms with Crippen LogP contribution in [0.15, 0.2) is 30.3 Å². The van der Waals surface area contributed by atoms with Gasteiger partial charge in [0.25, 0.3) is 0 Å². The van der Waals surface area contributed by atoms with Gasteiger partial charge in [0, 0.05) is 44.7 Å².